The lowest BCUT2D eigenvalue weighted by molar-refractivity contribution is -0.174. The van der Waals surface area contributed by atoms with Gasteiger partial charge in [-0.3, -0.25) is 4.79 Å². The predicted molar refractivity (Wildman–Crippen MR) is 150 cm³/mol. The first kappa shape index (κ1) is 27.6. The Balaban J connectivity index is 1.17. The van der Waals surface area contributed by atoms with Crippen molar-refractivity contribution in [2.24, 2.45) is 51.4 Å². The third-order valence-electron chi connectivity index (χ3n) is 11.8. The summed E-state index contributed by atoms with van der Waals surface area (Å²) in [7, 11) is 1.64. The molecule has 6 heteroatoms. The number of hydrazone groups is 1. The van der Waals surface area contributed by atoms with E-state index in [1.165, 1.54) is 25.7 Å². The lowest BCUT2D eigenvalue weighted by atomic mass is 9.43. The van der Waals surface area contributed by atoms with Crippen LogP contribution in [-0.4, -0.2) is 41.7 Å². The van der Waals surface area contributed by atoms with Gasteiger partial charge in [-0.2, -0.15) is 5.10 Å². The van der Waals surface area contributed by atoms with Crippen LogP contribution >= 0.6 is 0 Å². The van der Waals surface area contributed by atoms with E-state index in [4.69, 9.17) is 4.74 Å². The molecule has 38 heavy (non-hydrogen) atoms. The Labute approximate surface area is 228 Å². The molecule has 4 aliphatic carbocycles. The van der Waals surface area contributed by atoms with E-state index in [2.05, 4.69) is 31.3 Å². The van der Waals surface area contributed by atoms with Crippen molar-refractivity contribution < 1.29 is 19.7 Å². The molecule has 0 heterocycles. The number of hydrogen-bond acceptors (Lipinski definition) is 5. The van der Waals surface area contributed by atoms with Gasteiger partial charge in [-0.15, -0.1) is 0 Å². The van der Waals surface area contributed by atoms with Crippen LogP contribution in [0.2, 0.25) is 0 Å². The van der Waals surface area contributed by atoms with Gasteiger partial charge in [-0.1, -0.05) is 20.8 Å². The van der Waals surface area contributed by atoms with Crippen molar-refractivity contribution in [1.29, 1.82) is 0 Å². The van der Waals surface area contributed by atoms with Crippen LogP contribution in [0.1, 0.15) is 90.5 Å². The van der Waals surface area contributed by atoms with Crippen LogP contribution in [0.3, 0.4) is 0 Å². The molecule has 1 aromatic rings. The molecule has 0 aromatic heterocycles. The highest BCUT2D eigenvalue weighted by Gasteiger charge is 2.62. The van der Waals surface area contributed by atoms with Crippen molar-refractivity contribution >= 4 is 12.1 Å². The zero-order valence-corrected chi connectivity index (χ0v) is 23.7. The van der Waals surface area contributed by atoms with Crippen LogP contribution < -0.4 is 10.2 Å². The van der Waals surface area contributed by atoms with E-state index < -0.39 is 0 Å². The Hall–Kier alpha value is -1.92. The van der Waals surface area contributed by atoms with Crippen LogP contribution in [0.4, 0.5) is 0 Å². The molecule has 1 aromatic carbocycles. The quantitative estimate of drug-likeness (QED) is 0.322. The molecule has 4 saturated carbocycles. The van der Waals surface area contributed by atoms with Gasteiger partial charge in [0.1, 0.15) is 5.75 Å². The van der Waals surface area contributed by atoms with Crippen molar-refractivity contribution in [3.05, 3.63) is 29.8 Å². The number of rotatable bonds is 7. The number of benzene rings is 1. The molecule has 0 spiro atoms. The monoisotopic (exact) mass is 524 g/mol. The zero-order chi connectivity index (χ0) is 27.1. The zero-order valence-electron chi connectivity index (χ0n) is 23.7. The average Bonchev–Trinajstić information content (AvgIpc) is 3.26. The van der Waals surface area contributed by atoms with Crippen molar-refractivity contribution in [2.45, 2.75) is 97.2 Å². The summed E-state index contributed by atoms with van der Waals surface area (Å²) in [6.45, 7) is 7.29. The van der Waals surface area contributed by atoms with E-state index in [0.29, 0.717) is 41.9 Å². The topological polar surface area (TPSA) is 91.2 Å². The standard InChI is InChI=1S/C32H48N2O4/c1-20(5-12-29(37)34-33-19-21-6-8-24(38-4)9-7-21)25-10-11-26-30-27(14-16-32(25,26)3)31(2)15-13-23(35)17-22(31)18-28(30)36/h6-9,19-20,22-23,25-28,30,35-36H,5,10-18H2,1-4H3,(H,34,37)/b33-19-/t20-,22-,23+,25+,26-,27-,28-,30-,31+,32-/m1/s1. The SMILES string of the molecule is COc1ccc(/C=N\NC(=O)CC[C@@H](C)[C@@H]2CC[C@@H]3[C@H]4[C@H](O)C[C@H]5C[C@@H](O)CC[C@]5(C)[C@@H]4CC[C@@]32C)cc1. The van der Waals surface area contributed by atoms with E-state index in [1.54, 1.807) is 13.3 Å². The van der Waals surface area contributed by atoms with E-state index >= 15 is 0 Å². The highest BCUT2D eigenvalue weighted by atomic mass is 16.5. The number of methoxy groups -OCH3 is 1. The van der Waals surface area contributed by atoms with Crippen LogP contribution in [0.5, 0.6) is 5.75 Å². The maximum atomic E-state index is 12.5. The fourth-order valence-corrected chi connectivity index (χ4v) is 9.66. The molecule has 4 fully saturated rings. The summed E-state index contributed by atoms with van der Waals surface area (Å²) in [4.78, 5) is 12.5. The van der Waals surface area contributed by atoms with E-state index in [1.807, 2.05) is 24.3 Å². The Morgan fingerprint density at radius 2 is 1.79 bits per heavy atom. The highest BCUT2D eigenvalue weighted by molar-refractivity contribution is 5.82. The molecule has 6 nitrogen and oxygen atoms in total. The predicted octanol–water partition coefficient (Wildman–Crippen LogP) is 5.55. The molecule has 0 bridgehead atoms. The minimum absolute atomic E-state index is 0.0359. The van der Waals surface area contributed by atoms with E-state index in [0.717, 1.165) is 43.4 Å². The molecule has 10 atom stereocenters. The molecule has 3 N–H and O–H groups in total. The minimum atomic E-state index is -0.239. The van der Waals surface area contributed by atoms with Crippen molar-refractivity contribution in [2.75, 3.05) is 7.11 Å². The number of aliphatic hydroxyl groups excluding tert-OH is 2. The number of hydrogen-bond donors (Lipinski definition) is 3. The van der Waals surface area contributed by atoms with Crippen LogP contribution in [0, 0.1) is 46.3 Å². The second kappa shape index (κ2) is 10.9. The largest absolute Gasteiger partial charge is 0.497 e. The van der Waals surface area contributed by atoms with Gasteiger partial charge >= 0.3 is 0 Å². The lowest BCUT2D eigenvalue weighted by Gasteiger charge is -2.62. The molecule has 4 aliphatic rings. The Kier molecular flexibility index (Phi) is 7.94. The number of nitrogens with zero attached hydrogens (tertiary/aromatic N) is 1. The molecule has 0 saturated heterocycles. The van der Waals surface area contributed by atoms with E-state index in [-0.39, 0.29) is 28.9 Å². The number of amides is 1. The van der Waals surface area contributed by atoms with Gasteiger partial charge in [-0.25, -0.2) is 5.43 Å². The fraction of sp³-hybridized carbons (Fsp3) is 0.750. The van der Waals surface area contributed by atoms with Crippen molar-refractivity contribution in [3.8, 4) is 5.75 Å². The normalized spacial score (nSPS) is 41.2. The third kappa shape index (κ3) is 5.03. The Bertz CT molecular complexity index is 1010. The van der Waals surface area contributed by atoms with Gasteiger partial charge in [0.15, 0.2) is 0 Å². The smallest absolute Gasteiger partial charge is 0.240 e. The van der Waals surface area contributed by atoms with Gasteiger partial charge in [0.05, 0.1) is 25.5 Å². The average molecular weight is 525 g/mol. The fourth-order valence-electron chi connectivity index (χ4n) is 9.66. The summed E-state index contributed by atoms with van der Waals surface area (Å²) >= 11 is 0. The molecule has 0 unspecified atom stereocenters. The summed E-state index contributed by atoms with van der Waals surface area (Å²) in [6, 6.07) is 7.56. The molecular weight excluding hydrogens is 476 g/mol. The molecule has 1 amide bonds. The molecular formula is C32H48N2O4. The summed E-state index contributed by atoms with van der Waals surface area (Å²) in [6.07, 6.45) is 11.2. The van der Waals surface area contributed by atoms with Gasteiger partial charge in [0.2, 0.25) is 5.91 Å². The first-order valence-electron chi connectivity index (χ1n) is 15.0. The van der Waals surface area contributed by atoms with Crippen molar-refractivity contribution in [3.63, 3.8) is 0 Å². The lowest BCUT2D eigenvalue weighted by Crippen LogP contribution is -2.58. The number of nitrogens with one attached hydrogen (secondary N) is 1. The number of fused-ring (bicyclic) bond motifs is 5. The molecule has 0 radical (unpaired) electrons. The summed E-state index contributed by atoms with van der Waals surface area (Å²) in [5.74, 6) is 3.79. The minimum Gasteiger partial charge on any atom is -0.497 e. The molecule has 210 valence electrons. The number of ether oxygens (including phenoxy) is 1. The second-order valence-corrected chi connectivity index (χ2v) is 13.5. The second-order valence-electron chi connectivity index (χ2n) is 13.5. The summed E-state index contributed by atoms with van der Waals surface area (Å²) in [5, 5.41) is 25.9. The maximum absolute atomic E-state index is 12.5. The summed E-state index contributed by atoms with van der Waals surface area (Å²) < 4.78 is 5.17. The molecule has 0 aliphatic heterocycles. The van der Waals surface area contributed by atoms with Gasteiger partial charge in [0, 0.05) is 6.42 Å². The van der Waals surface area contributed by atoms with Gasteiger partial charge < -0.3 is 14.9 Å². The first-order chi connectivity index (χ1) is 18.2. The number of carbonyl (C=O) groups is 1. The Morgan fingerprint density at radius 3 is 2.53 bits per heavy atom. The first-order valence-corrected chi connectivity index (χ1v) is 15.0. The van der Waals surface area contributed by atoms with Crippen LogP contribution in [-0.2, 0) is 4.79 Å². The third-order valence-corrected chi connectivity index (χ3v) is 11.8. The number of carbonyl (C=O) groups excluding carboxylic acids is 1. The number of aliphatic hydroxyl groups is 2. The van der Waals surface area contributed by atoms with Crippen LogP contribution in [0.15, 0.2) is 29.4 Å². The Morgan fingerprint density at radius 1 is 1.08 bits per heavy atom. The summed E-state index contributed by atoms with van der Waals surface area (Å²) in [5.41, 5.74) is 4.11. The van der Waals surface area contributed by atoms with Gasteiger partial charge in [-0.05, 0) is 134 Å². The van der Waals surface area contributed by atoms with Crippen molar-refractivity contribution in [1.82, 2.24) is 5.43 Å². The molecule has 5 rings (SSSR count). The van der Waals surface area contributed by atoms with E-state index in [9.17, 15) is 15.0 Å². The highest BCUT2D eigenvalue weighted by Crippen LogP contribution is 2.68. The van der Waals surface area contributed by atoms with Gasteiger partial charge in [0.25, 0.3) is 0 Å². The van der Waals surface area contributed by atoms with Crippen LogP contribution in [0.25, 0.3) is 0 Å². The maximum Gasteiger partial charge on any atom is 0.240 e.